The molecule has 1 amide bonds. The van der Waals surface area contributed by atoms with Crippen LogP contribution in [0.3, 0.4) is 0 Å². The van der Waals surface area contributed by atoms with Gasteiger partial charge < -0.3 is 9.79 Å². The van der Waals surface area contributed by atoms with Crippen LogP contribution in [0.25, 0.3) is 0 Å². The molecule has 0 fully saturated rings. The van der Waals surface area contributed by atoms with Gasteiger partial charge in [-0.2, -0.15) is 4.62 Å². The Morgan fingerprint density at radius 3 is 2.36 bits per heavy atom. The second-order valence-corrected chi connectivity index (χ2v) is 3.54. The molecule has 0 spiro atoms. The number of hydroxylamine groups is 1. The van der Waals surface area contributed by atoms with Gasteiger partial charge in [0.1, 0.15) is 0 Å². The fraction of sp³-hybridized carbons (Fsp3) is 0. The molecular formula is C7H8NO5P. The van der Waals surface area contributed by atoms with Crippen LogP contribution < -0.4 is 5.48 Å². The summed E-state index contributed by atoms with van der Waals surface area (Å²) in [4.78, 5) is 27.7. The van der Waals surface area contributed by atoms with Crippen LogP contribution >= 0.6 is 7.82 Å². The lowest BCUT2D eigenvalue weighted by Gasteiger charge is -2.05. The summed E-state index contributed by atoms with van der Waals surface area (Å²) in [7, 11) is -4.67. The van der Waals surface area contributed by atoms with Crippen molar-refractivity contribution in [2.24, 2.45) is 0 Å². The molecule has 0 atom stereocenters. The zero-order valence-corrected chi connectivity index (χ0v) is 7.85. The van der Waals surface area contributed by atoms with Gasteiger partial charge in [-0.05, 0) is 12.1 Å². The predicted octanol–water partition coefficient (Wildman–Crippen LogP) is 0.441. The van der Waals surface area contributed by atoms with Gasteiger partial charge in [0.2, 0.25) is 0 Å². The van der Waals surface area contributed by atoms with E-state index in [9.17, 15) is 9.36 Å². The Balaban J connectivity index is 2.57. The minimum atomic E-state index is -4.67. The third-order valence-corrected chi connectivity index (χ3v) is 1.62. The van der Waals surface area contributed by atoms with Crippen molar-refractivity contribution < 1.29 is 23.8 Å². The van der Waals surface area contributed by atoms with Gasteiger partial charge in [0, 0.05) is 5.56 Å². The highest BCUT2D eigenvalue weighted by Gasteiger charge is 2.16. The van der Waals surface area contributed by atoms with E-state index in [4.69, 9.17) is 9.79 Å². The number of hydrogen-bond acceptors (Lipinski definition) is 3. The topological polar surface area (TPSA) is 95.9 Å². The number of rotatable bonds is 3. The standard InChI is InChI=1S/C7H8NO5P/c9-7(8-13-14(10,11)12)6-4-2-1-3-5-6/h1-5H,(H,8,9)(H2,10,11,12). The molecule has 0 bridgehead atoms. The third kappa shape index (κ3) is 3.68. The molecule has 0 heterocycles. The minimum absolute atomic E-state index is 0.251. The van der Waals surface area contributed by atoms with E-state index in [-0.39, 0.29) is 5.56 Å². The molecule has 76 valence electrons. The fourth-order valence-corrected chi connectivity index (χ4v) is 0.951. The summed E-state index contributed by atoms with van der Waals surface area (Å²) in [5.41, 5.74) is 1.89. The maximum Gasteiger partial charge on any atom is 0.491 e. The van der Waals surface area contributed by atoms with Crippen LogP contribution in [0.2, 0.25) is 0 Å². The van der Waals surface area contributed by atoms with Crippen molar-refractivity contribution in [2.75, 3.05) is 0 Å². The molecule has 0 aliphatic heterocycles. The van der Waals surface area contributed by atoms with E-state index in [1.165, 1.54) is 12.1 Å². The number of carbonyl (C=O) groups excluding carboxylic acids is 1. The van der Waals surface area contributed by atoms with Crippen molar-refractivity contribution in [1.29, 1.82) is 0 Å². The van der Waals surface area contributed by atoms with Crippen molar-refractivity contribution >= 4 is 13.7 Å². The Labute approximate surface area is 79.7 Å². The molecule has 6 nitrogen and oxygen atoms in total. The van der Waals surface area contributed by atoms with Gasteiger partial charge in [-0.15, -0.1) is 0 Å². The molecule has 0 saturated heterocycles. The van der Waals surface area contributed by atoms with Crippen LogP contribution in [-0.4, -0.2) is 15.7 Å². The van der Waals surface area contributed by atoms with E-state index < -0.39 is 13.7 Å². The summed E-state index contributed by atoms with van der Waals surface area (Å²) < 4.78 is 14.0. The molecule has 0 unspecified atom stereocenters. The lowest BCUT2D eigenvalue weighted by molar-refractivity contribution is 0.0666. The highest BCUT2D eigenvalue weighted by Crippen LogP contribution is 2.33. The first-order chi connectivity index (χ1) is 6.49. The summed E-state index contributed by atoms with van der Waals surface area (Å²) in [6, 6.07) is 7.91. The molecule has 1 aromatic rings. The van der Waals surface area contributed by atoms with Crippen LogP contribution in [0.15, 0.2) is 30.3 Å². The normalized spacial score (nSPS) is 11.0. The Morgan fingerprint density at radius 2 is 1.86 bits per heavy atom. The van der Waals surface area contributed by atoms with E-state index in [0.29, 0.717) is 0 Å². The highest BCUT2D eigenvalue weighted by molar-refractivity contribution is 7.46. The van der Waals surface area contributed by atoms with Gasteiger partial charge in [0.05, 0.1) is 0 Å². The van der Waals surface area contributed by atoms with Gasteiger partial charge >= 0.3 is 7.82 Å². The maximum absolute atomic E-state index is 11.1. The smallest absolute Gasteiger partial charge is 0.301 e. The van der Waals surface area contributed by atoms with Crippen LogP contribution in [0, 0.1) is 0 Å². The maximum atomic E-state index is 11.1. The van der Waals surface area contributed by atoms with Crippen molar-refractivity contribution in [3.63, 3.8) is 0 Å². The predicted molar refractivity (Wildman–Crippen MR) is 47.0 cm³/mol. The number of hydrogen-bond donors (Lipinski definition) is 3. The molecular weight excluding hydrogens is 209 g/mol. The summed E-state index contributed by atoms with van der Waals surface area (Å²) >= 11 is 0. The molecule has 0 saturated carbocycles. The zero-order chi connectivity index (χ0) is 10.6. The zero-order valence-electron chi connectivity index (χ0n) is 6.95. The summed E-state index contributed by atoms with van der Waals surface area (Å²) in [5, 5.41) is 0. The largest absolute Gasteiger partial charge is 0.491 e. The number of amides is 1. The van der Waals surface area contributed by atoms with E-state index in [2.05, 4.69) is 4.62 Å². The lowest BCUT2D eigenvalue weighted by atomic mass is 10.2. The average Bonchev–Trinajstić information content (AvgIpc) is 2.14. The number of carbonyl (C=O) groups is 1. The molecule has 14 heavy (non-hydrogen) atoms. The minimum Gasteiger partial charge on any atom is -0.301 e. The number of phosphoric acid groups is 1. The van der Waals surface area contributed by atoms with Crippen LogP contribution in [0.4, 0.5) is 0 Å². The quantitative estimate of drug-likeness (QED) is 0.504. The van der Waals surface area contributed by atoms with Crippen LogP contribution in [0.5, 0.6) is 0 Å². The molecule has 0 aliphatic rings. The van der Waals surface area contributed by atoms with Crippen molar-refractivity contribution in [2.45, 2.75) is 0 Å². The van der Waals surface area contributed by atoms with Gasteiger partial charge in [-0.25, -0.2) is 10.0 Å². The first-order valence-corrected chi connectivity index (χ1v) is 5.11. The SMILES string of the molecule is O=C(NOP(=O)(O)O)c1ccccc1. The van der Waals surface area contributed by atoms with Gasteiger partial charge in [-0.3, -0.25) is 4.79 Å². The molecule has 1 rings (SSSR count). The Kier molecular flexibility index (Phi) is 3.38. The second kappa shape index (κ2) is 4.34. The first-order valence-electron chi connectivity index (χ1n) is 3.58. The summed E-state index contributed by atoms with van der Waals surface area (Å²) in [6.45, 7) is 0. The van der Waals surface area contributed by atoms with E-state index in [0.717, 1.165) is 0 Å². The van der Waals surface area contributed by atoms with Crippen molar-refractivity contribution in [3.8, 4) is 0 Å². The Hall–Kier alpha value is -1.20. The van der Waals surface area contributed by atoms with E-state index >= 15 is 0 Å². The molecule has 0 aromatic heterocycles. The fourth-order valence-electron chi connectivity index (χ4n) is 0.749. The molecule has 1 aromatic carbocycles. The first kappa shape index (κ1) is 10.9. The lowest BCUT2D eigenvalue weighted by Crippen LogP contribution is -2.22. The summed E-state index contributed by atoms with van der Waals surface area (Å²) in [5.74, 6) is -0.714. The Morgan fingerprint density at radius 1 is 1.29 bits per heavy atom. The molecule has 7 heteroatoms. The number of nitrogens with one attached hydrogen (secondary N) is 1. The average molecular weight is 217 g/mol. The monoisotopic (exact) mass is 217 g/mol. The van der Waals surface area contributed by atoms with Crippen LogP contribution in [-0.2, 0) is 9.19 Å². The van der Waals surface area contributed by atoms with Gasteiger partial charge in [0.15, 0.2) is 0 Å². The summed E-state index contributed by atoms with van der Waals surface area (Å²) in [6.07, 6.45) is 0. The molecule has 3 N–H and O–H groups in total. The van der Waals surface area contributed by atoms with Crippen molar-refractivity contribution in [3.05, 3.63) is 35.9 Å². The highest BCUT2D eigenvalue weighted by atomic mass is 31.2. The van der Waals surface area contributed by atoms with E-state index in [1.807, 2.05) is 0 Å². The third-order valence-electron chi connectivity index (χ3n) is 1.29. The van der Waals surface area contributed by atoms with Gasteiger partial charge in [-0.1, -0.05) is 18.2 Å². The van der Waals surface area contributed by atoms with Crippen molar-refractivity contribution in [1.82, 2.24) is 5.48 Å². The Bertz CT molecular complexity index is 360. The van der Waals surface area contributed by atoms with Crippen LogP contribution in [0.1, 0.15) is 10.4 Å². The number of benzene rings is 1. The molecule has 0 radical (unpaired) electrons. The second-order valence-electron chi connectivity index (χ2n) is 2.38. The van der Waals surface area contributed by atoms with E-state index in [1.54, 1.807) is 23.7 Å². The van der Waals surface area contributed by atoms with Gasteiger partial charge in [0.25, 0.3) is 5.91 Å². The molecule has 0 aliphatic carbocycles.